The Morgan fingerprint density at radius 1 is 1.37 bits per heavy atom. The van der Waals surface area contributed by atoms with Crippen LogP contribution in [0, 0.1) is 15.9 Å². The summed E-state index contributed by atoms with van der Waals surface area (Å²) in [7, 11) is 0. The van der Waals surface area contributed by atoms with Crippen LogP contribution in [0.1, 0.15) is 0 Å². The molecule has 1 aromatic carbocycles. The van der Waals surface area contributed by atoms with Gasteiger partial charge in [-0.1, -0.05) is 0 Å². The molecule has 2 rings (SSSR count). The van der Waals surface area contributed by atoms with Gasteiger partial charge in [-0.25, -0.2) is 4.39 Å². The van der Waals surface area contributed by atoms with Gasteiger partial charge in [0.2, 0.25) is 5.88 Å². The number of benzene rings is 1. The first-order valence-electron chi connectivity index (χ1n) is 5.00. The van der Waals surface area contributed by atoms with Gasteiger partial charge in [0.1, 0.15) is 17.4 Å². The number of pyridine rings is 1. The van der Waals surface area contributed by atoms with Crippen LogP contribution >= 0.6 is 15.9 Å². The maximum Gasteiger partial charge on any atom is 0.278 e. The molecule has 2 N–H and O–H groups in total. The molecule has 6 nitrogen and oxygen atoms in total. The van der Waals surface area contributed by atoms with Crippen molar-refractivity contribution in [2.45, 2.75) is 0 Å². The predicted octanol–water partition coefficient (Wildman–Crippen LogP) is 3.27. The highest BCUT2D eigenvalue weighted by Crippen LogP contribution is 2.28. The maximum atomic E-state index is 13.0. The van der Waals surface area contributed by atoms with Crippen molar-refractivity contribution in [1.82, 2.24) is 4.98 Å². The van der Waals surface area contributed by atoms with Crippen LogP contribution < -0.4 is 10.5 Å². The van der Waals surface area contributed by atoms with Crippen molar-refractivity contribution < 1.29 is 14.1 Å². The zero-order chi connectivity index (χ0) is 14.0. The molecule has 8 heteroatoms. The number of nitrogen functional groups attached to an aromatic ring is 1. The lowest BCUT2D eigenvalue weighted by atomic mass is 10.3. The summed E-state index contributed by atoms with van der Waals surface area (Å²) in [4.78, 5) is 13.9. The molecule has 0 aliphatic carbocycles. The van der Waals surface area contributed by atoms with E-state index in [0.717, 1.165) is 12.1 Å². The minimum Gasteiger partial charge on any atom is -0.439 e. The van der Waals surface area contributed by atoms with Crippen molar-refractivity contribution in [2.75, 3.05) is 5.73 Å². The van der Waals surface area contributed by atoms with Gasteiger partial charge < -0.3 is 10.5 Å². The summed E-state index contributed by atoms with van der Waals surface area (Å²) in [5.41, 5.74) is 5.21. The predicted molar refractivity (Wildman–Crippen MR) is 69.5 cm³/mol. The summed E-state index contributed by atoms with van der Waals surface area (Å²) >= 11 is 3.00. The number of nitrogens with two attached hydrogens (primary N) is 1. The number of hydrogen-bond donors (Lipinski definition) is 1. The number of anilines is 1. The highest BCUT2D eigenvalue weighted by Gasteiger charge is 2.12. The summed E-state index contributed by atoms with van der Waals surface area (Å²) < 4.78 is 18.5. The van der Waals surface area contributed by atoms with Gasteiger partial charge in [-0.2, -0.15) is 4.98 Å². The molecule has 0 saturated heterocycles. The quantitative estimate of drug-likeness (QED) is 0.690. The van der Waals surface area contributed by atoms with Gasteiger partial charge in [0.05, 0.1) is 21.5 Å². The van der Waals surface area contributed by atoms with Gasteiger partial charge in [0.25, 0.3) is 5.69 Å². The van der Waals surface area contributed by atoms with E-state index in [2.05, 4.69) is 20.9 Å². The molecule has 0 spiro atoms. The minimum absolute atomic E-state index is 0.0367. The number of hydrogen-bond acceptors (Lipinski definition) is 5. The molecule has 0 amide bonds. The largest absolute Gasteiger partial charge is 0.439 e. The van der Waals surface area contributed by atoms with E-state index in [9.17, 15) is 14.5 Å². The number of rotatable bonds is 3. The topological polar surface area (TPSA) is 91.3 Å². The molecule has 0 bridgehead atoms. The maximum absolute atomic E-state index is 13.0. The fraction of sp³-hybridized carbons (Fsp3) is 0. The monoisotopic (exact) mass is 327 g/mol. The molecule has 0 saturated carbocycles. The molecular weight excluding hydrogens is 321 g/mol. The second kappa shape index (κ2) is 5.19. The second-order valence-corrected chi connectivity index (χ2v) is 4.38. The third-order valence-corrected chi connectivity index (χ3v) is 2.74. The van der Waals surface area contributed by atoms with Gasteiger partial charge in [-0.05, 0) is 34.1 Å². The molecule has 0 atom stereocenters. The first kappa shape index (κ1) is 13.2. The Bertz CT molecular complexity index is 651. The Balaban J connectivity index is 2.32. The molecule has 0 radical (unpaired) electrons. The summed E-state index contributed by atoms with van der Waals surface area (Å²) in [5.74, 6) is -0.241. The normalized spacial score (nSPS) is 10.2. The first-order valence-corrected chi connectivity index (χ1v) is 5.80. The molecule has 0 fully saturated rings. The van der Waals surface area contributed by atoms with E-state index in [1.165, 1.54) is 18.2 Å². The molecule has 98 valence electrons. The van der Waals surface area contributed by atoms with Crippen LogP contribution in [0.15, 0.2) is 34.8 Å². The lowest BCUT2D eigenvalue weighted by Crippen LogP contribution is -1.97. The van der Waals surface area contributed by atoms with Crippen LogP contribution in [0.4, 0.5) is 15.9 Å². The Hall–Kier alpha value is -2.22. The van der Waals surface area contributed by atoms with Crippen LogP contribution in [0.25, 0.3) is 0 Å². The molecule has 1 aromatic heterocycles. The average Bonchev–Trinajstić information content (AvgIpc) is 2.33. The van der Waals surface area contributed by atoms with Crippen molar-refractivity contribution >= 4 is 27.4 Å². The first-order chi connectivity index (χ1) is 8.95. The Kier molecular flexibility index (Phi) is 3.61. The number of nitro groups is 1. The van der Waals surface area contributed by atoms with Crippen molar-refractivity contribution in [2.24, 2.45) is 0 Å². The molecular formula is C11H7BrFN3O3. The standard InChI is InChI=1S/C11H7BrFN3O3/c12-8-5-7(1-2-9(8)13)19-11-4-6(16(17)18)3-10(14)15-11/h1-5H,(H2,14,15). The Labute approximate surface area is 115 Å². The number of aromatic nitrogens is 1. The molecule has 0 aliphatic heterocycles. The lowest BCUT2D eigenvalue weighted by molar-refractivity contribution is -0.384. The van der Waals surface area contributed by atoms with Crippen LogP contribution in [0.2, 0.25) is 0 Å². The summed E-state index contributed by atoms with van der Waals surface area (Å²) in [5, 5.41) is 10.7. The average molecular weight is 328 g/mol. The number of halogens is 2. The molecule has 0 unspecified atom stereocenters. The Morgan fingerprint density at radius 3 is 2.74 bits per heavy atom. The van der Waals surface area contributed by atoms with Crippen LogP contribution in [-0.2, 0) is 0 Å². The fourth-order valence-corrected chi connectivity index (χ4v) is 1.69. The van der Waals surface area contributed by atoms with Crippen molar-refractivity contribution in [1.29, 1.82) is 0 Å². The second-order valence-electron chi connectivity index (χ2n) is 3.52. The van der Waals surface area contributed by atoms with Crippen molar-refractivity contribution in [3.8, 4) is 11.6 Å². The van der Waals surface area contributed by atoms with E-state index < -0.39 is 10.7 Å². The third-order valence-electron chi connectivity index (χ3n) is 2.13. The molecule has 1 heterocycles. The minimum atomic E-state index is -0.606. The van der Waals surface area contributed by atoms with Gasteiger partial charge in [0, 0.05) is 0 Å². The molecule has 0 aliphatic rings. The van der Waals surface area contributed by atoms with Crippen LogP contribution in [0.5, 0.6) is 11.6 Å². The van der Waals surface area contributed by atoms with Gasteiger partial charge in [0.15, 0.2) is 0 Å². The Morgan fingerprint density at radius 2 is 2.11 bits per heavy atom. The van der Waals surface area contributed by atoms with Crippen molar-refractivity contribution in [3.05, 3.63) is 50.7 Å². The highest BCUT2D eigenvalue weighted by atomic mass is 79.9. The van der Waals surface area contributed by atoms with Gasteiger partial charge in [-0.15, -0.1) is 0 Å². The van der Waals surface area contributed by atoms with Crippen LogP contribution in [0.3, 0.4) is 0 Å². The summed E-state index contributed by atoms with van der Waals surface area (Å²) in [6.07, 6.45) is 0. The van der Waals surface area contributed by atoms with E-state index >= 15 is 0 Å². The van der Waals surface area contributed by atoms with Crippen LogP contribution in [-0.4, -0.2) is 9.91 Å². The zero-order valence-corrected chi connectivity index (χ0v) is 10.9. The summed E-state index contributed by atoms with van der Waals surface area (Å²) in [6, 6.07) is 6.20. The van der Waals surface area contributed by atoms with E-state index in [0.29, 0.717) is 0 Å². The fourth-order valence-electron chi connectivity index (χ4n) is 1.33. The van der Waals surface area contributed by atoms with Crippen molar-refractivity contribution in [3.63, 3.8) is 0 Å². The van der Waals surface area contributed by atoms with Gasteiger partial charge >= 0.3 is 0 Å². The summed E-state index contributed by atoms with van der Waals surface area (Å²) in [6.45, 7) is 0. The number of ether oxygens (including phenoxy) is 1. The third kappa shape index (κ3) is 3.16. The lowest BCUT2D eigenvalue weighted by Gasteiger charge is -2.06. The van der Waals surface area contributed by atoms with E-state index in [1.54, 1.807) is 0 Å². The molecule has 19 heavy (non-hydrogen) atoms. The SMILES string of the molecule is Nc1cc([N+](=O)[O-])cc(Oc2ccc(F)c(Br)c2)n1. The smallest absolute Gasteiger partial charge is 0.278 e. The highest BCUT2D eigenvalue weighted by molar-refractivity contribution is 9.10. The van der Waals surface area contributed by atoms with E-state index in [-0.39, 0.29) is 27.6 Å². The van der Waals surface area contributed by atoms with E-state index in [4.69, 9.17) is 10.5 Å². The van der Waals surface area contributed by atoms with E-state index in [1.807, 2.05) is 0 Å². The molecule has 2 aromatic rings. The zero-order valence-electron chi connectivity index (χ0n) is 9.34. The van der Waals surface area contributed by atoms with Gasteiger partial charge in [-0.3, -0.25) is 10.1 Å². The number of nitrogens with zero attached hydrogens (tertiary/aromatic N) is 2.